The maximum absolute atomic E-state index is 12.4. The Morgan fingerprint density at radius 2 is 2.32 bits per heavy atom. The summed E-state index contributed by atoms with van der Waals surface area (Å²) >= 11 is 5.28. The van der Waals surface area contributed by atoms with Gasteiger partial charge in [-0.15, -0.1) is 0 Å². The fourth-order valence-electron chi connectivity index (χ4n) is 2.38. The molecule has 2 N–H and O–H groups in total. The lowest BCUT2D eigenvalue weighted by Gasteiger charge is -2.29. The minimum atomic E-state index is -0.517. The van der Waals surface area contributed by atoms with Crippen molar-refractivity contribution in [3.05, 3.63) is 41.2 Å². The van der Waals surface area contributed by atoms with Crippen LogP contribution in [0.25, 0.3) is 0 Å². The van der Waals surface area contributed by atoms with E-state index in [1.807, 2.05) is 13.8 Å². The molecule has 2 rings (SSSR count). The number of hydrogen-bond acceptors (Lipinski definition) is 5. The van der Waals surface area contributed by atoms with E-state index in [9.17, 15) is 4.79 Å². The van der Waals surface area contributed by atoms with E-state index in [4.69, 9.17) is 26.8 Å². The van der Waals surface area contributed by atoms with Crippen molar-refractivity contribution in [1.82, 2.24) is 5.32 Å². The maximum atomic E-state index is 12.4. The molecule has 1 unspecified atom stereocenters. The van der Waals surface area contributed by atoms with Crippen LogP contribution in [0.2, 0.25) is 0 Å². The van der Waals surface area contributed by atoms with E-state index >= 15 is 0 Å². The van der Waals surface area contributed by atoms with Gasteiger partial charge >= 0.3 is 0 Å². The Morgan fingerprint density at radius 1 is 1.55 bits per heavy atom. The average molecular weight is 318 g/mol. The molecule has 0 amide bonds. The SMILES string of the molecule is CCCC(=O)C1=C(OCC)C(c2ccco2)C(=C=N)C(=S)N1. The highest BCUT2D eigenvalue weighted by molar-refractivity contribution is 7.80. The summed E-state index contributed by atoms with van der Waals surface area (Å²) in [5.74, 6) is 2.79. The number of furan rings is 1. The van der Waals surface area contributed by atoms with E-state index in [2.05, 4.69) is 11.2 Å². The standard InChI is InChI=1S/C16H18N2O3S/c1-3-6-11(19)14-15(20-4-2)13(12-7-5-8-21-12)10(9-17)16(22)18-14/h5,7-8,13,17H,3-4,6H2,1-2H3,(H,18,22). The molecule has 0 aromatic carbocycles. The van der Waals surface area contributed by atoms with Gasteiger partial charge < -0.3 is 14.5 Å². The number of thiocarbonyl (C=S) groups is 1. The first-order valence-corrected chi connectivity index (χ1v) is 7.59. The molecule has 116 valence electrons. The third-order valence-corrected chi connectivity index (χ3v) is 3.62. The first-order valence-electron chi connectivity index (χ1n) is 7.18. The van der Waals surface area contributed by atoms with Crippen LogP contribution in [-0.4, -0.2) is 23.2 Å². The lowest BCUT2D eigenvalue weighted by molar-refractivity contribution is -0.116. The summed E-state index contributed by atoms with van der Waals surface area (Å²) in [5, 5.41) is 10.4. The molecule has 1 aromatic rings. The molecular formula is C16H18N2O3S. The van der Waals surface area contributed by atoms with Crippen molar-refractivity contribution in [2.24, 2.45) is 0 Å². The summed E-state index contributed by atoms with van der Waals surface area (Å²) in [6, 6.07) is 3.52. The molecule has 1 aliphatic rings. The van der Waals surface area contributed by atoms with Crippen LogP contribution < -0.4 is 5.32 Å². The molecule has 0 fully saturated rings. The van der Waals surface area contributed by atoms with E-state index in [-0.39, 0.29) is 5.78 Å². The van der Waals surface area contributed by atoms with E-state index in [1.165, 1.54) is 0 Å². The Kier molecular flexibility index (Phi) is 5.31. The zero-order valence-electron chi connectivity index (χ0n) is 12.6. The second-order valence-electron chi connectivity index (χ2n) is 4.79. The van der Waals surface area contributed by atoms with Crippen LogP contribution in [0.1, 0.15) is 38.4 Å². The third kappa shape index (κ3) is 3.03. The summed E-state index contributed by atoms with van der Waals surface area (Å²) in [6.45, 7) is 4.18. The number of ketones is 1. The van der Waals surface area contributed by atoms with Crippen LogP contribution >= 0.6 is 12.2 Å². The van der Waals surface area contributed by atoms with Gasteiger partial charge in [0.15, 0.2) is 5.78 Å². The Bertz CT molecular complexity index is 655. The van der Waals surface area contributed by atoms with Gasteiger partial charge in [-0.2, -0.15) is 0 Å². The zero-order valence-corrected chi connectivity index (χ0v) is 13.4. The summed E-state index contributed by atoms with van der Waals surface area (Å²) in [5.41, 5.74) is 0.788. The fourth-order valence-corrected chi connectivity index (χ4v) is 2.65. The van der Waals surface area contributed by atoms with E-state index < -0.39 is 5.92 Å². The van der Waals surface area contributed by atoms with Crippen molar-refractivity contribution in [2.45, 2.75) is 32.6 Å². The molecular weight excluding hydrogens is 300 g/mol. The van der Waals surface area contributed by atoms with Crippen LogP contribution in [0.15, 0.2) is 39.8 Å². The first-order chi connectivity index (χ1) is 10.6. The molecule has 0 aliphatic carbocycles. The van der Waals surface area contributed by atoms with Crippen LogP contribution in [-0.2, 0) is 9.53 Å². The highest BCUT2D eigenvalue weighted by atomic mass is 32.1. The molecule has 1 aliphatic heterocycles. The van der Waals surface area contributed by atoms with Gasteiger partial charge in [0.2, 0.25) is 0 Å². The molecule has 6 heteroatoms. The van der Waals surface area contributed by atoms with Gasteiger partial charge in [-0.25, -0.2) is 0 Å². The molecule has 1 atom stereocenters. The summed E-state index contributed by atoms with van der Waals surface area (Å²) in [7, 11) is 0. The number of ether oxygens (including phenoxy) is 1. The molecule has 0 saturated heterocycles. The molecule has 2 heterocycles. The van der Waals surface area contributed by atoms with Gasteiger partial charge in [-0.3, -0.25) is 10.2 Å². The summed E-state index contributed by atoms with van der Waals surface area (Å²) in [4.78, 5) is 12.7. The summed E-state index contributed by atoms with van der Waals surface area (Å²) < 4.78 is 11.2. The van der Waals surface area contributed by atoms with Gasteiger partial charge in [-0.1, -0.05) is 19.1 Å². The molecule has 0 spiro atoms. The van der Waals surface area contributed by atoms with Gasteiger partial charge in [0, 0.05) is 6.42 Å². The fraction of sp³-hybridized carbons (Fsp3) is 0.375. The number of hydrogen-bond donors (Lipinski definition) is 2. The van der Waals surface area contributed by atoms with Crippen molar-refractivity contribution >= 4 is 28.9 Å². The monoisotopic (exact) mass is 318 g/mol. The normalized spacial score (nSPS) is 18.0. The van der Waals surface area contributed by atoms with Gasteiger partial charge in [0.05, 0.1) is 18.4 Å². The van der Waals surface area contributed by atoms with E-state index in [0.717, 1.165) is 6.42 Å². The molecule has 22 heavy (non-hydrogen) atoms. The number of allylic oxidation sites excluding steroid dienone is 2. The Labute approximate surface area is 134 Å². The third-order valence-electron chi connectivity index (χ3n) is 3.30. The first kappa shape index (κ1) is 16.2. The second-order valence-corrected chi connectivity index (χ2v) is 5.19. The number of rotatable bonds is 6. The predicted molar refractivity (Wildman–Crippen MR) is 87.0 cm³/mol. The summed E-state index contributed by atoms with van der Waals surface area (Å²) in [6.07, 6.45) is 2.67. The smallest absolute Gasteiger partial charge is 0.182 e. The van der Waals surface area contributed by atoms with Crippen molar-refractivity contribution in [2.75, 3.05) is 6.61 Å². The minimum absolute atomic E-state index is 0.0612. The Hall–Kier alpha value is -2.17. The number of carbonyl (C=O) groups is 1. The average Bonchev–Trinajstić information content (AvgIpc) is 3.02. The highest BCUT2D eigenvalue weighted by Crippen LogP contribution is 2.37. The van der Waals surface area contributed by atoms with Gasteiger partial charge in [0.1, 0.15) is 28.1 Å². The van der Waals surface area contributed by atoms with Crippen molar-refractivity contribution in [3.63, 3.8) is 0 Å². The van der Waals surface area contributed by atoms with E-state index in [1.54, 1.807) is 18.4 Å². The van der Waals surface area contributed by atoms with Crippen molar-refractivity contribution in [1.29, 1.82) is 5.41 Å². The molecule has 1 aromatic heterocycles. The topological polar surface area (TPSA) is 75.3 Å². The van der Waals surface area contributed by atoms with Crippen LogP contribution in [0, 0.1) is 5.41 Å². The van der Waals surface area contributed by atoms with Crippen molar-refractivity contribution < 1.29 is 13.9 Å². The maximum Gasteiger partial charge on any atom is 0.182 e. The largest absolute Gasteiger partial charge is 0.495 e. The molecule has 0 saturated carbocycles. The molecule has 5 nitrogen and oxygen atoms in total. The number of carbonyl (C=O) groups excluding carboxylic acids is 1. The Morgan fingerprint density at radius 3 is 2.86 bits per heavy atom. The van der Waals surface area contributed by atoms with Crippen LogP contribution in [0.5, 0.6) is 0 Å². The predicted octanol–water partition coefficient (Wildman–Crippen LogP) is 3.09. The van der Waals surface area contributed by atoms with Crippen LogP contribution in [0.4, 0.5) is 0 Å². The highest BCUT2D eigenvalue weighted by Gasteiger charge is 2.37. The minimum Gasteiger partial charge on any atom is -0.495 e. The quantitative estimate of drug-likeness (QED) is 0.479. The zero-order chi connectivity index (χ0) is 16.1. The number of Topliss-reactive ketones (excluding diaryl/α,β-unsaturated/α-hetero) is 1. The van der Waals surface area contributed by atoms with Crippen LogP contribution in [0.3, 0.4) is 0 Å². The van der Waals surface area contributed by atoms with Gasteiger partial charge in [0.25, 0.3) is 0 Å². The molecule has 0 bridgehead atoms. The second kappa shape index (κ2) is 7.20. The molecule has 0 radical (unpaired) electrons. The van der Waals surface area contributed by atoms with E-state index in [0.29, 0.717) is 40.8 Å². The Balaban J connectivity index is 2.60. The van der Waals surface area contributed by atoms with Gasteiger partial charge in [-0.05, 0) is 31.3 Å². The number of nitrogens with one attached hydrogen (secondary N) is 2. The van der Waals surface area contributed by atoms with Crippen molar-refractivity contribution in [3.8, 4) is 0 Å². The lowest BCUT2D eigenvalue weighted by atomic mass is 9.89. The lowest BCUT2D eigenvalue weighted by Crippen LogP contribution is -2.37.